The van der Waals surface area contributed by atoms with Gasteiger partial charge in [0.15, 0.2) is 0 Å². The standard InChI is InChI=1S/C15H16N2S/c1-15(2,16)10-6-9-14-17-13(11-18-14)12-7-4-3-5-8-12/h3-5,7-8,11H,9,16H2,1-2H3. The lowest BCUT2D eigenvalue weighted by Crippen LogP contribution is -2.29. The summed E-state index contributed by atoms with van der Waals surface area (Å²) in [5, 5.41) is 3.10. The van der Waals surface area contributed by atoms with Crippen LogP contribution < -0.4 is 5.73 Å². The molecule has 0 radical (unpaired) electrons. The van der Waals surface area contributed by atoms with Gasteiger partial charge in [0.1, 0.15) is 5.01 Å². The third-order valence-corrected chi connectivity index (χ3v) is 3.12. The van der Waals surface area contributed by atoms with Crippen LogP contribution in [0.2, 0.25) is 0 Å². The average molecular weight is 256 g/mol. The summed E-state index contributed by atoms with van der Waals surface area (Å²) in [5.74, 6) is 6.09. The van der Waals surface area contributed by atoms with Crippen molar-refractivity contribution < 1.29 is 0 Å². The molecule has 0 aliphatic rings. The highest BCUT2D eigenvalue weighted by Gasteiger charge is 2.05. The predicted octanol–water partition coefficient (Wildman–Crippen LogP) is 3.09. The first-order valence-corrected chi connectivity index (χ1v) is 6.71. The number of hydrogen-bond donors (Lipinski definition) is 1. The van der Waals surface area contributed by atoms with Crippen LogP contribution in [-0.4, -0.2) is 10.5 Å². The van der Waals surface area contributed by atoms with Gasteiger partial charge in [-0.15, -0.1) is 11.3 Å². The van der Waals surface area contributed by atoms with Crippen molar-refractivity contribution in [3.8, 4) is 23.1 Å². The lowest BCUT2D eigenvalue weighted by Gasteiger charge is -2.06. The lowest BCUT2D eigenvalue weighted by atomic mass is 10.1. The third-order valence-electron chi connectivity index (χ3n) is 2.27. The van der Waals surface area contributed by atoms with Crippen LogP contribution in [0.15, 0.2) is 35.7 Å². The maximum absolute atomic E-state index is 5.81. The van der Waals surface area contributed by atoms with Crippen molar-refractivity contribution in [2.45, 2.75) is 25.8 Å². The SMILES string of the molecule is CC(C)(N)C#CCc1nc(-c2ccccc2)cs1. The number of thiazole rings is 1. The van der Waals surface area contributed by atoms with Crippen LogP contribution >= 0.6 is 11.3 Å². The van der Waals surface area contributed by atoms with E-state index >= 15 is 0 Å². The molecular weight excluding hydrogens is 240 g/mol. The molecule has 3 heteroatoms. The molecule has 2 N–H and O–H groups in total. The molecule has 2 aromatic rings. The van der Waals surface area contributed by atoms with Gasteiger partial charge in [-0.3, -0.25) is 0 Å². The van der Waals surface area contributed by atoms with Crippen molar-refractivity contribution in [1.29, 1.82) is 0 Å². The van der Waals surface area contributed by atoms with E-state index in [9.17, 15) is 0 Å². The van der Waals surface area contributed by atoms with E-state index in [1.165, 1.54) is 0 Å². The fourth-order valence-electron chi connectivity index (χ4n) is 1.48. The van der Waals surface area contributed by atoms with Crippen LogP contribution in [0.25, 0.3) is 11.3 Å². The zero-order valence-corrected chi connectivity index (χ0v) is 11.4. The van der Waals surface area contributed by atoms with Crippen molar-refractivity contribution in [1.82, 2.24) is 4.98 Å². The molecular formula is C15H16N2S. The Balaban J connectivity index is 2.09. The summed E-state index contributed by atoms with van der Waals surface area (Å²) < 4.78 is 0. The minimum absolute atomic E-state index is 0.431. The Morgan fingerprint density at radius 2 is 2.00 bits per heavy atom. The van der Waals surface area contributed by atoms with Crippen molar-refractivity contribution in [2.24, 2.45) is 5.73 Å². The summed E-state index contributed by atoms with van der Waals surface area (Å²) in [6, 6.07) is 10.2. The topological polar surface area (TPSA) is 38.9 Å². The summed E-state index contributed by atoms with van der Waals surface area (Å²) in [5.41, 5.74) is 7.54. The molecule has 92 valence electrons. The molecule has 0 unspecified atom stereocenters. The lowest BCUT2D eigenvalue weighted by molar-refractivity contribution is 0.680. The maximum Gasteiger partial charge on any atom is 0.105 e. The molecule has 0 amide bonds. The smallest absolute Gasteiger partial charge is 0.105 e. The maximum atomic E-state index is 5.81. The fourth-order valence-corrected chi connectivity index (χ4v) is 2.22. The van der Waals surface area contributed by atoms with Gasteiger partial charge in [-0.05, 0) is 13.8 Å². The van der Waals surface area contributed by atoms with Crippen molar-refractivity contribution in [3.05, 3.63) is 40.7 Å². The molecule has 18 heavy (non-hydrogen) atoms. The van der Waals surface area contributed by atoms with Gasteiger partial charge in [-0.2, -0.15) is 0 Å². The minimum atomic E-state index is -0.431. The Hall–Kier alpha value is -1.63. The number of nitrogens with zero attached hydrogens (tertiary/aromatic N) is 1. The first-order valence-electron chi connectivity index (χ1n) is 5.83. The summed E-state index contributed by atoms with van der Waals surface area (Å²) in [7, 11) is 0. The minimum Gasteiger partial charge on any atom is -0.316 e. The van der Waals surface area contributed by atoms with Crippen molar-refractivity contribution in [3.63, 3.8) is 0 Å². The summed E-state index contributed by atoms with van der Waals surface area (Å²) in [4.78, 5) is 4.58. The van der Waals surface area contributed by atoms with E-state index in [1.807, 2.05) is 32.0 Å². The second kappa shape index (κ2) is 5.34. The summed E-state index contributed by atoms with van der Waals surface area (Å²) in [6.45, 7) is 3.80. The Morgan fingerprint density at radius 3 is 2.67 bits per heavy atom. The molecule has 1 heterocycles. The summed E-state index contributed by atoms with van der Waals surface area (Å²) >= 11 is 1.64. The Bertz CT molecular complexity index is 568. The van der Waals surface area contributed by atoms with Gasteiger partial charge in [0.25, 0.3) is 0 Å². The van der Waals surface area contributed by atoms with E-state index in [0.29, 0.717) is 6.42 Å². The van der Waals surface area contributed by atoms with Gasteiger partial charge in [0.05, 0.1) is 17.7 Å². The molecule has 0 aliphatic heterocycles. The number of hydrogen-bond acceptors (Lipinski definition) is 3. The van der Waals surface area contributed by atoms with E-state index in [-0.39, 0.29) is 0 Å². The zero-order valence-electron chi connectivity index (χ0n) is 10.6. The molecule has 0 atom stereocenters. The highest BCUT2D eigenvalue weighted by molar-refractivity contribution is 7.10. The van der Waals surface area contributed by atoms with Gasteiger partial charge in [0, 0.05) is 10.9 Å². The second-order valence-corrected chi connectivity index (χ2v) is 5.64. The van der Waals surface area contributed by atoms with Crippen LogP contribution in [0.5, 0.6) is 0 Å². The van der Waals surface area contributed by atoms with E-state index in [1.54, 1.807) is 11.3 Å². The molecule has 0 saturated heterocycles. The second-order valence-electron chi connectivity index (χ2n) is 4.69. The van der Waals surface area contributed by atoms with Gasteiger partial charge in [-0.1, -0.05) is 42.2 Å². The first kappa shape index (κ1) is 12.8. The molecule has 0 fully saturated rings. The molecule has 2 rings (SSSR count). The third kappa shape index (κ3) is 3.69. The highest BCUT2D eigenvalue weighted by atomic mass is 32.1. The number of nitrogens with two attached hydrogens (primary N) is 1. The van der Waals surface area contributed by atoms with Crippen LogP contribution in [-0.2, 0) is 6.42 Å². The van der Waals surface area contributed by atoms with Gasteiger partial charge in [-0.25, -0.2) is 4.98 Å². The van der Waals surface area contributed by atoms with Crippen molar-refractivity contribution >= 4 is 11.3 Å². The largest absolute Gasteiger partial charge is 0.316 e. The van der Waals surface area contributed by atoms with Crippen LogP contribution in [0.1, 0.15) is 18.9 Å². The van der Waals surface area contributed by atoms with E-state index in [0.717, 1.165) is 16.3 Å². The van der Waals surface area contributed by atoms with Gasteiger partial charge in [0.2, 0.25) is 0 Å². The van der Waals surface area contributed by atoms with Crippen LogP contribution in [0.3, 0.4) is 0 Å². The Kier molecular flexibility index (Phi) is 3.81. The van der Waals surface area contributed by atoms with Gasteiger partial charge < -0.3 is 5.73 Å². The zero-order chi connectivity index (χ0) is 13.0. The molecule has 1 aromatic heterocycles. The van der Waals surface area contributed by atoms with Crippen LogP contribution in [0.4, 0.5) is 0 Å². The van der Waals surface area contributed by atoms with E-state index in [4.69, 9.17) is 5.73 Å². The molecule has 0 spiro atoms. The predicted molar refractivity (Wildman–Crippen MR) is 77.3 cm³/mol. The number of rotatable bonds is 2. The normalized spacial score (nSPS) is 10.8. The van der Waals surface area contributed by atoms with E-state index in [2.05, 4.69) is 34.3 Å². The molecule has 1 aromatic carbocycles. The first-order chi connectivity index (χ1) is 8.54. The summed E-state index contributed by atoms with van der Waals surface area (Å²) in [6.07, 6.45) is 0.665. The van der Waals surface area contributed by atoms with Crippen LogP contribution in [0, 0.1) is 11.8 Å². The molecule has 2 nitrogen and oxygen atoms in total. The average Bonchev–Trinajstić information content (AvgIpc) is 2.77. The Morgan fingerprint density at radius 1 is 1.28 bits per heavy atom. The molecule has 0 aliphatic carbocycles. The Labute approximate surface area is 112 Å². The monoisotopic (exact) mass is 256 g/mol. The molecule has 0 saturated carbocycles. The fraction of sp³-hybridized carbons (Fsp3) is 0.267. The van der Waals surface area contributed by atoms with Crippen molar-refractivity contribution in [2.75, 3.05) is 0 Å². The highest BCUT2D eigenvalue weighted by Crippen LogP contribution is 2.21. The van der Waals surface area contributed by atoms with E-state index < -0.39 is 5.54 Å². The van der Waals surface area contributed by atoms with Gasteiger partial charge >= 0.3 is 0 Å². The number of aromatic nitrogens is 1. The number of benzene rings is 1. The quantitative estimate of drug-likeness (QED) is 0.839. The molecule has 0 bridgehead atoms.